The van der Waals surface area contributed by atoms with Crippen molar-refractivity contribution in [3.05, 3.63) is 42.5 Å². The zero-order chi connectivity index (χ0) is 15.2. The van der Waals surface area contributed by atoms with Gasteiger partial charge in [-0.2, -0.15) is 0 Å². The Morgan fingerprint density at radius 2 is 1.68 bits per heavy atom. The van der Waals surface area contributed by atoms with E-state index >= 15 is 0 Å². The number of furan rings is 1. The smallest absolute Gasteiger partial charge is 0.150 e. The van der Waals surface area contributed by atoms with Crippen molar-refractivity contribution in [3.8, 4) is 0 Å². The van der Waals surface area contributed by atoms with Gasteiger partial charge in [0.25, 0.3) is 0 Å². The van der Waals surface area contributed by atoms with Crippen molar-refractivity contribution >= 4 is 37.5 Å². The monoisotopic (exact) mass is 315 g/mol. The molecule has 2 aromatic carbocycles. The Hall–Kier alpha value is -2.01. The van der Waals surface area contributed by atoms with Crippen molar-refractivity contribution in [2.24, 2.45) is 0 Å². The molecule has 4 nitrogen and oxygen atoms in total. The highest BCUT2D eigenvalue weighted by molar-refractivity contribution is 7.91. The number of benzene rings is 2. The summed E-state index contributed by atoms with van der Waals surface area (Å²) in [6.07, 6.45) is 1.33. The van der Waals surface area contributed by atoms with Crippen LogP contribution in [-0.2, 0) is 9.84 Å². The molecule has 0 radical (unpaired) electrons. The summed E-state index contributed by atoms with van der Waals surface area (Å²) < 4.78 is 28.8. The lowest BCUT2D eigenvalue weighted by atomic mass is 10.1. The van der Waals surface area contributed by atoms with E-state index in [0.717, 1.165) is 27.6 Å². The highest BCUT2D eigenvalue weighted by atomic mass is 32.2. The van der Waals surface area contributed by atoms with Crippen LogP contribution in [0, 0.1) is 0 Å². The molecule has 0 bridgehead atoms. The first-order valence-corrected chi connectivity index (χ1v) is 9.31. The minimum atomic E-state index is -2.82. The van der Waals surface area contributed by atoms with Gasteiger partial charge in [-0.1, -0.05) is 18.2 Å². The summed E-state index contributed by atoms with van der Waals surface area (Å²) in [6.45, 7) is 0. The number of fused-ring (bicyclic) bond motifs is 3. The lowest BCUT2D eigenvalue weighted by Crippen LogP contribution is -2.32. The van der Waals surface area contributed by atoms with Crippen molar-refractivity contribution in [2.45, 2.75) is 18.9 Å². The Morgan fingerprint density at radius 3 is 2.50 bits per heavy atom. The minimum Gasteiger partial charge on any atom is -0.456 e. The van der Waals surface area contributed by atoms with Gasteiger partial charge in [0.1, 0.15) is 21.0 Å². The topological polar surface area (TPSA) is 59.3 Å². The predicted octanol–water partition coefficient (Wildman–Crippen LogP) is 3.58. The van der Waals surface area contributed by atoms with Crippen LogP contribution in [0.15, 0.2) is 46.9 Å². The number of nitrogens with one attached hydrogen (secondary N) is 1. The van der Waals surface area contributed by atoms with Gasteiger partial charge in [0.15, 0.2) is 0 Å². The molecule has 4 rings (SSSR count). The summed E-state index contributed by atoms with van der Waals surface area (Å²) in [5, 5.41) is 5.65. The van der Waals surface area contributed by atoms with Gasteiger partial charge in [-0.25, -0.2) is 8.42 Å². The molecule has 1 fully saturated rings. The van der Waals surface area contributed by atoms with Crippen LogP contribution < -0.4 is 5.32 Å². The van der Waals surface area contributed by atoms with Gasteiger partial charge >= 0.3 is 0 Å². The zero-order valence-electron chi connectivity index (χ0n) is 12.1. The lowest BCUT2D eigenvalue weighted by Gasteiger charge is -2.24. The predicted molar refractivity (Wildman–Crippen MR) is 89.0 cm³/mol. The Kier molecular flexibility index (Phi) is 3.11. The van der Waals surface area contributed by atoms with Crippen LogP contribution in [0.2, 0.25) is 0 Å². The fourth-order valence-corrected chi connectivity index (χ4v) is 4.58. The molecular weight excluding hydrogens is 298 g/mol. The average molecular weight is 315 g/mol. The first-order valence-electron chi connectivity index (χ1n) is 7.49. The maximum absolute atomic E-state index is 11.5. The summed E-state index contributed by atoms with van der Waals surface area (Å²) >= 11 is 0. The summed E-state index contributed by atoms with van der Waals surface area (Å²) in [5.74, 6) is 0.551. The Bertz CT molecular complexity index is 929. The highest BCUT2D eigenvalue weighted by Crippen LogP contribution is 2.31. The quantitative estimate of drug-likeness (QED) is 0.785. The highest BCUT2D eigenvalue weighted by Gasteiger charge is 2.23. The zero-order valence-corrected chi connectivity index (χ0v) is 12.9. The molecule has 0 saturated carbocycles. The molecule has 1 aliphatic rings. The van der Waals surface area contributed by atoms with Crippen LogP contribution in [0.4, 0.5) is 5.69 Å². The number of para-hydroxylation sites is 1. The molecule has 5 heteroatoms. The second-order valence-corrected chi connectivity index (χ2v) is 8.18. The summed E-state index contributed by atoms with van der Waals surface area (Å²) in [6, 6.07) is 14.3. The van der Waals surface area contributed by atoms with Crippen LogP contribution in [-0.4, -0.2) is 26.0 Å². The maximum Gasteiger partial charge on any atom is 0.150 e. The van der Waals surface area contributed by atoms with E-state index in [-0.39, 0.29) is 17.5 Å². The molecule has 1 N–H and O–H groups in total. The molecule has 22 heavy (non-hydrogen) atoms. The van der Waals surface area contributed by atoms with E-state index < -0.39 is 9.84 Å². The van der Waals surface area contributed by atoms with Crippen molar-refractivity contribution in [1.29, 1.82) is 0 Å². The Balaban J connectivity index is 1.62. The van der Waals surface area contributed by atoms with E-state index in [1.807, 2.05) is 30.3 Å². The molecule has 1 aromatic heterocycles. The van der Waals surface area contributed by atoms with E-state index in [0.29, 0.717) is 12.8 Å². The lowest BCUT2D eigenvalue weighted by molar-refractivity contribution is 0.559. The molecule has 2 heterocycles. The molecular formula is C17H17NO3S. The van der Waals surface area contributed by atoms with E-state index in [4.69, 9.17) is 4.42 Å². The maximum atomic E-state index is 11.5. The van der Waals surface area contributed by atoms with Crippen LogP contribution in [0.25, 0.3) is 21.9 Å². The van der Waals surface area contributed by atoms with Gasteiger partial charge in [-0.3, -0.25) is 0 Å². The summed E-state index contributed by atoms with van der Waals surface area (Å²) in [4.78, 5) is 0. The molecule has 0 spiro atoms. The third-order valence-corrected chi connectivity index (χ3v) is 6.02. The normalized spacial score (nSPS) is 18.7. The number of hydrogen-bond acceptors (Lipinski definition) is 4. The van der Waals surface area contributed by atoms with Crippen LogP contribution >= 0.6 is 0 Å². The molecule has 0 amide bonds. The van der Waals surface area contributed by atoms with Crippen LogP contribution in [0.3, 0.4) is 0 Å². The second kappa shape index (κ2) is 5.02. The number of hydrogen-bond donors (Lipinski definition) is 1. The van der Waals surface area contributed by atoms with Crippen molar-refractivity contribution in [2.75, 3.05) is 16.8 Å². The number of sulfone groups is 1. The SMILES string of the molecule is O=S1(=O)CCC(Nc2ccc3c(c2)oc2ccccc23)CC1. The first-order chi connectivity index (χ1) is 10.6. The summed E-state index contributed by atoms with van der Waals surface area (Å²) in [7, 11) is -2.82. The third-order valence-electron chi connectivity index (χ3n) is 4.30. The fraction of sp³-hybridized carbons (Fsp3) is 0.294. The van der Waals surface area contributed by atoms with E-state index in [9.17, 15) is 8.42 Å². The van der Waals surface area contributed by atoms with Gasteiger partial charge in [0.2, 0.25) is 0 Å². The second-order valence-electron chi connectivity index (χ2n) is 5.88. The third kappa shape index (κ3) is 2.46. The minimum absolute atomic E-state index is 0.213. The molecule has 114 valence electrons. The van der Waals surface area contributed by atoms with E-state index in [1.54, 1.807) is 0 Å². The van der Waals surface area contributed by atoms with Crippen molar-refractivity contribution in [3.63, 3.8) is 0 Å². The Morgan fingerprint density at radius 1 is 0.955 bits per heavy atom. The molecule has 0 unspecified atom stereocenters. The molecule has 0 aliphatic carbocycles. The van der Waals surface area contributed by atoms with Gasteiger partial charge < -0.3 is 9.73 Å². The van der Waals surface area contributed by atoms with Gasteiger partial charge in [0.05, 0.1) is 11.5 Å². The fourth-order valence-electron chi connectivity index (χ4n) is 3.09. The van der Waals surface area contributed by atoms with Crippen LogP contribution in [0.1, 0.15) is 12.8 Å². The summed E-state index contributed by atoms with van der Waals surface area (Å²) in [5.41, 5.74) is 2.73. The van der Waals surface area contributed by atoms with Gasteiger partial charge in [-0.05, 0) is 31.0 Å². The Labute approximate surface area is 129 Å². The molecule has 1 aliphatic heterocycles. The average Bonchev–Trinajstić information content (AvgIpc) is 2.87. The van der Waals surface area contributed by atoms with Crippen molar-refractivity contribution in [1.82, 2.24) is 0 Å². The first kappa shape index (κ1) is 13.6. The van der Waals surface area contributed by atoms with Crippen molar-refractivity contribution < 1.29 is 12.8 Å². The largest absolute Gasteiger partial charge is 0.456 e. The molecule has 1 saturated heterocycles. The number of rotatable bonds is 2. The number of anilines is 1. The standard InChI is InChI=1S/C17H17NO3S/c19-22(20)9-7-12(8-10-22)18-13-5-6-15-14-3-1-2-4-16(14)21-17(15)11-13/h1-6,11-12,18H,7-10H2. The van der Waals surface area contributed by atoms with Gasteiger partial charge in [-0.15, -0.1) is 0 Å². The van der Waals surface area contributed by atoms with Crippen LogP contribution in [0.5, 0.6) is 0 Å². The molecule has 0 atom stereocenters. The van der Waals surface area contributed by atoms with E-state index in [1.165, 1.54) is 0 Å². The molecule has 3 aromatic rings. The van der Waals surface area contributed by atoms with Gasteiger partial charge in [0, 0.05) is 28.6 Å². The van der Waals surface area contributed by atoms with E-state index in [2.05, 4.69) is 17.4 Å².